The predicted molar refractivity (Wildman–Crippen MR) is 99.2 cm³/mol. The van der Waals surface area contributed by atoms with E-state index in [1.807, 2.05) is 6.07 Å². The van der Waals surface area contributed by atoms with Crippen molar-refractivity contribution in [3.05, 3.63) is 17.1 Å². The monoisotopic (exact) mass is 375 g/mol. The van der Waals surface area contributed by atoms with Crippen LogP contribution in [0.5, 0.6) is 0 Å². The molecule has 0 radical (unpaired) electrons. The Morgan fingerprint density at radius 1 is 1.08 bits per heavy atom. The normalized spacial score (nSPS) is 18.2. The molecule has 0 bridgehead atoms. The van der Waals surface area contributed by atoms with Crippen LogP contribution < -0.4 is 9.80 Å². The zero-order chi connectivity index (χ0) is 17.9. The van der Waals surface area contributed by atoms with E-state index in [-0.39, 0.29) is 4.88 Å². The molecule has 138 valence electrons. The van der Waals surface area contributed by atoms with Crippen molar-refractivity contribution in [2.24, 2.45) is 0 Å². The second-order valence-corrected chi connectivity index (χ2v) is 7.34. The van der Waals surface area contributed by atoms with Crippen LogP contribution >= 0.6 is 11.3 Å². The number of anilines is 2. The van der Waals surface area contributed by atoms with Crippen LogP contribution in [0, 0.1) is 0 Å². The highest BCUT2D eigenvalue weighted by molar-refractivity contribution is 7.17. The first-order valence-corrected chi connectivity index (χ1v) is 9.69. The first kappa shape index (κ1) is 17.2. The molecule has 2 aromatic rings. The Labute approximate surface area is 155 Å². The van der Waals surface area contributed by atoms with Gasteiger partial charge in [-0.05, 0) is 25.3 Å². The van der Waals surface area contributed by atoms with E-state index in [1.165, 1.54) is 17.8 Å². The van der Waals surface area contributed by atoms with Crippen LogP contribution in [-0.4, -0.2) is 65.4 Å². The van der Waals surface area contributed by atoms with Gasteiger partial charge in [0.15, 0.2) is 11.0 Å². The molecule has 2 aromatic heterocycles. The first-order valence-electron chi connectivity index (χ1n) is 8.87. The summed E-state index contributed by atoms with van der Waals surface area (Å²) in [6.45, 7) is 4.68. The van der Waals surface area contributed by atoms with Gasteiger partial charge in [-0.1, -0.05) is 11.3 Å². The van der Waals surface area contributed by atoms with Gasteiger partial charge in [0.1, 0.15) is 16.4 Å². The van der Waals surface area contributed by atoms with Gasteiger partial charge in [-0.2, -0.15) is 0 Å². The third-order valence-corrected chi connectivity index (χ3v) is 5.73. The fourth-order valence-electron chi connectivity index (χ4n) is 3.26. The minimum absolute atomic E-state index is 0.199. The van der Waals surface area contributed by atoms with Crippen molar-refractivity contribution in [1.29, 1.82) is 0 Å². The molecule has 0 saturated carbocycles. The Balaban J connectivity index is 1.67. The summed E-state index contributed by atoms with van der Waals surface area (Å²) in [4.78, 5) is 29.7. The summed E-state index contributed by atoms with van der Waals surface area (Å²) in [7, 11) is 0. The predicted octanol–water partition coefficient (Wildman–Crippen LogP) is 2.13. The Hall–Kier alpha value is -2.26. The molecule has 0 atom stereocenters. The molecule has 9 heteroatoms. The van der Waals surface area contributed by atoms with Gasteiger partial charge in [-0.25, -0.2) is 19.7 Å². The molecule has 8 nitrogen and oxygen atoms in total. The quantitative estimate of drug-likeness (QED) is 0.869. The van der Waals surface area contributed by atoms with Gasteiger partial charge >= 0.3 is 5.97 Å². The SMILES string of the molecule is O=C(O)c1sc(N2CCCCC2)nc1-c1nccc(N2CCOCC2)n1. The van der Waals surface area contributed by atoms with Crippen molar-refractivity contribution in [3.8, 4) is 11.5 Å². The van der Waals surface area contributed by atoms with Gasteiger partial charge in [0.05, 0.1) is 13.2 Å². The number of rotatable bonds is 4. The van der Waals surface area contributed by atoms with Crippen LogP contribution in [0.2, 0.25) is 0 Å². The summed E-state index contributed by atoms with van der Waals surface area (Å²) in [5, 5.41) is 10.4. The molecule has 2 fully saturated rings. The number of ether oxygens (including phenoxy) is 1. The zero-order valence-corrected chi connectivity index (χ0v) is 15.2. The van der Waals surface area contributed by atoms with E-state index in [9.17, 15) is 9.90 Å². The first-order chi connectivity index (χ1) is 12.7. The third kappa shape index (κ3) is 3.49. The number of carboxylic acid groups (broad SMARTS) is 1. The van der Waals surface area contributed by atoms with Crippen molar-refractivity contribution in [1.82, 2.24) is 15.0 Å². The maximum Gasteiger partial charge on any atom is 0.348 e. The summed E-state index contributed by atoms with van der Waals surface area (Å²) >= 11 is 1.21. The maximum atomic E-state index is 11.7. The summed E-state index contributed by atoms with van der Waals surface area (Å²) in [5.41, 5.74) is 0.359. The second-order valence-electron chi connectivity index (χ2n) is 6.36. The Bertz CT molecular complexity index is 784. The van der Waals surface area contributed by atoms with E-state index < -0.39 is 5.97 Å². The molecule has 4 heterocycles. The lowest BCUT2D eigenvalue weighted by molar-refractivity contribution is 0.0702. The summed E-state index contributed by atoms with van der Waals surface area (Å²) in [6.07, 6.45) is 5.10. The number of aromatic nitrogens is 3. The Morgan fingerprint density at radius 2 is 1.85 bits per heavy atom. The maximum absolute atomic E-state index is 11.7. The lowest BCUT2D eigenvalue weighted by Gasteiger charge is -2.27. The highest BCUT2D eigenvalue weighted by atomic mass is 32.1. The number of morpholine rings is 1. The minimum atomic E-state index is -0.985. The molecule has 2 aliphatic heterocycles. The summed E-state index contributed by atoms with van der Waals surface area (Å²) < 4.78 is 5.38. The number of nitrogens with zero attached hydrogens (tertiary/aromatic N) is 5. The van der Waals surface area contributed by atoms with Crippen LogP contribution in [0.25, 0.3) is 11.5 Å². The average Bonchev–Trinajstić information content (AvgIpc) is 3.15. The Kier molecular flexibility index (Phi) is 4.98. The highest BCUT2D eigenvalue weighted by Crippen LogP contribution is 2.33. The van der Waals surface area contributed by atoms with E-state index in [0.29, 0.717) is 24.7 Å². The van der Waals surface area contributed by atoms with E-state index in [1.54, 1.807) is 6.20 Å². The zero-order valence-electron chi connectivity index (χ0n) is 14.4. The molecule has 4 rings (SSSR count). The van der Waals surface area contributed by atoms with Gasteiger partial charge in [0.25, 0.3) is 0 Å². The fourth-order valence-corrected chi connectivity index (χ4v) is 4.21. The average molecular weight is 375 g/mol. The molecular weight excluding hydrogens is 354 g/mol. The highest BCUT2D eigenvalue weighted by Gasteiger charge is 2.25. The van der Waals surface area contributed by atoms with Crippen LogP contribution in [0.1, 0.15) is 28.9 Å². The number of piperidine rings is 1. The van der Waals surface area contributed by atoms with Crippen molar-refractivity contribution >= 4 is 28.3 Å². The number of hydrogen-bond acceptors (Lipinski definition) is 8. The van der Waals surface area contributed by atoms with Crippen LogP contribution in [0.3, 0.4) is 0 Å². The van der Waals surface area contributed by atoms with Crippen LogP contribution in [0.15, 0.2) is 12.3 Å². The van der Waals surface area contributed by atoms with Crippen molar-refractivity contribution in [3.63, 3.8) is 0 Å². The number of carbonyl (C=O) groups is 1. The number of thiazole rings is 1. The lowest BCUT2D eigenvalue weighted by Crippen LogP contribution is -2.36. The standard InChI is InChI=1S/C17H21N5O3S/c23-16(24)14-13(20-17(26-14)22-6-2-1-3-7-22)15-18-5-4-12(19-15)21-8-10-25-11-9-21/h4-5H,1-3,6-11H2,(H,23,24). The van der Waals surface area contributed by atoms with E-state index >= 15 is 0 Å². The summed E-state index contributed by atoms with van der Waals surface area (Å²) in [5.74, 6) is 0.161. The fraction of sp³-hybridized carbons (Fsp3) is 0.529. The molecule has 0 amide bonds. The third-order valence-electron chi connectivity index (χ3n) is 4.62. The molecular formula is C17H21N5O3S. The molecule has 0 aromatic carbocycles. The number of carboxylic acids is 1. The molecule has 0 spiro atoms. The van der Waals surface area contributed by atoms with E-state index in [0.717, 1.165) is 50.0 Å². The second kappa shape index (κ2) is 7.55. The van der Waals surface area contributed by atoms with Crippen molar-refractivity contribution in [2.75, 3.05) is 49.2 Å². The van der Waals surface area contributed by atoms with Gasteiger partial charge in [-0.3, -0.25) is 0 Å². The smallest absolute Gasteiger partial charge is 0.348 e. The molecule has 0 unspecified atom stereocenters. The van der Waals surface area contributed by atoms with Crippen LogP contribution in [0.4, 0.5) is 10.9 Å². The van der Waals surface area contributed by atoms with Crippen molar-refractivity contribution < 1.29 is 14.6 Å². The largest absolute Gasteiger partial charge is 0.477 e. The minimum Gasteiger partial charge on any atom is -0.477 e. The molecule has 1 N–H and O–H groups in total. The summed E-state index contributed by atoms with van der Waals surface area (Å²) in [6, 6.07) is 1.84. The van der Waals surface area contributed by atoms with Gasteiger partial charge in [0, 0.05) is 32.4 Å². The van der Waals surface area contributed by atoms with Crippen molar-refractivity contribution in [2.45, 2.75) is 19.3 Å². The molecule has 26 heavy (non-hydrogen) atoms. The van der Waals surface area contributed by atoms with Crippen LogP contribution in [-0.2, 0) is 4.74 Å². The Morgan fingerprint density at radius 3 is 2.58 bits per heavy atom. The van der Waals surface area contributed by atoms with E-state index in [2.05, 4.69) is 24.8 Å². The van der Waals surface area contributed by atoms with E-state index in [4.69, 9.17) is 4.74 Å². The van der Waals surface area contributed by atoms with Gasteiger partial charge < -0.3 is 19.6 Å². The topological polar surface area (TPSA) is 91.7 Å². The number of hydrogen-bond donors (Lipinski definition) is 1. The molecule has 2 saturated heterocycles. The molecule has 0 aliphatic carbocycles. The van der Waals surface area contributed by atoms with Gasteiger partial charge in [-0.15, -0.1) is 0 Å². The number of aromatic carboxylic acids is 1. The lowest BCUT2D eigenvalue weighted by atomic mass is 10.1. The molecule has 2 aliphatic rings. The van der Waals surface area contributed by atoms with Gasteiger partial charge in [0.2, 0.25) is 0 Å².